The van der Waals surface area contributed by atoms with Crippen LogP contribution in [-0.2, 0) is 9.59 Å². The van der Waals surface area contributed by atoms with Crippen LogP contribution in [-0.4, -0.2) is 53.7 Å². The summed E-state index contributed by atoms with van der Waals surface area (Å²) >= 11 is 0. The van der Waals surface area contributed by atoms with Crippen molar-refractivity contribution in [1.29, 1.82) is 0 Å². The highest BCUT2D eigenvalue weighted by Gasteiger charge is 2.41. The van der Waals surface area contributed by atoms with E-state index in [1.807, 2.05) is 41.4 Å². The average molecular weight is 442 g/mol. The van der Waals surface area contributed by atoms with Crippen molar-refractivity contribution in [3.63, 3.8) is 0 Å². The Hall–Kier alpha value is -3.35. The van der Waals surface area contributed by atoms with Gasteiger partial charge in [-0.2, -0.15) is 13.2 Å². The van der Waals surface area contributed by atoms with E-state index in [0.717, 1.165) is 5.56 Å². The second-order valence-corrected chi connectivity index (χ2v) is 7.63. The highest BCUT2D eigenvalue weighted by molar-refractivity contribution is 6.23. The Morgan fingerprint density at radius 3 is 1.62 bits per heavy atom. The molecule has 7 heteroatoms. The van der Waals surface area contributed by atoms with Gasteiger partial charge in [-0.25, -0.2) is 0 Å². The summed E-state index contributed by atoms with van der Waals surface area (Å²) in [7, 11) is 0. The van der Waals surface area contributed by atoms with Crippen molar-refractivity contribution in [3.8, 4) is 0 Å². The maximum absolute atomic E-state index is 13.2. The van der Waals surface area contributed by atoms with Crippen molar-refractivity contribution >= 4 is 22.7 Å². The molecule has 1 heterocycles. The smallest absolute Gasteiger partial charge is 0.375 e. The van der Waals surface area contributed by atoms with Crippen molar-refractivity contribution in [1.82, 2.24) is 9.80 Å². The van der Waals surface area contributed by atoms with Gasteiger partial charge in [0.05, 0.1) is 5.57 Å². The van der Waals surface area contributed by atoms with Gasteiger partial charge in [-0.15, -0.1) is 0 Å². The van der Waals surface area contributed by atoms with Crippen molar-refractivity contribution in [2.75, 3.05) is 26.2 Å². The molecule has 0 unspecified atom stereocenters. The van der Waals surface area contributed by atoms with E-state index in [2.05, 4.69) is 0 Å². The van der Waals surface area contributed by atoms with Crippen LogP contribution in [0.25, 0.3) is 11.1 Å². The number of nitrogens with zero attached hydrogens (tertiary/aromatic N) is 2. The zero-order valence-corrected chi connectivity index (χ0v) is 17.8. The molecule has 0 aromatic heterocycles. The normalized spacial score (nSPS) is 16.0. The third-order valence-corrected chi connectivity index (χ3v) is 5.24. The van der Waals surface area contributed by atoms with E-state index in [9.17, 15) is 22.8 Å². The molecule has 0 aliphatic carbocycles. The van der Waals surface area contributed by atoms with Gasteiger partial charge >= 0.3 is 6.18 Å². The quantitative estimate of drug-likeness (QED) is 0.603. The summed E-state index contributed by atoms with van der Waals surface area (Å²) in [4.78, 5) is 28.0. The minimum absolute atomic E-state index is 0.0562. The van der Waals surface area contributed by atoms with E-state index in [-0.39, 0.29) is 16.9 Å². The van der Waals surface area contributed by atoms with Gasteiger partial charge in [-0.3, -0.25) is 9.59 Å². The van der Waals surface area contributed by atoms with Crippen LogP contribution in [0.3, 0.4) is 0 Å². The molecule has 2 aromatic carbocycles. The molecular formula is C25H25F3N2O2. The third-order valence-electron chi connectivity index (χ3n) is 5.24. The minimum atomic E-state index is -4.95. The lowest BCUT2D eigenvalue weighted by Crippen LogP contribution is -2.28. The zero-order chi connectivity index (χ0) is 23.1. The number of Topliss-reactive ketones (excluding diaryl/α,β-unsaturated/α-hetero) is 2. The summed E-state index contributed by atoms with van der Waals surface area (Å²) in [6.07, 6.45) is -1.13. The fourth-order valence-electron chi connectivity index (χ4n) is 3.60. The summed E-state index contributed by atoms with van der Waals surface area (Å²) in [5.41, 5.74) is 1.28. The van der Waals surface area contributed by atoms with E-state index in [1.165, 1.54) is 25.3 Å². The van der Waals surface area contributed by atoms with Crippen LogP contribution < -0.4 is 0 Å². The fraction of sp³-hybridized carbons (Fsp3) is 0.280. The molecule has 0 bridgehead atoms. The Morgan fingerprint density at radius 1 is 0.750 bits per heavy atom. The Bertz CT molecular complexity index is 999. The Kier molecular flexibility index (Phi) is 7.51. The topological polar surface area (TPSA) is 40.6 Å². The summed E-state index contributed by atoms with van der Waals surface area (Å²) in [6, 6.07) is 17.3. The minimum Gasteiger partial charge on any atom is -0.375 e. The first-order valence-electron chi connectivity index (χ1n) is 10.4. The number of alkyl halides is 3. The van der Waals surface area contributed by atoms with Crippen LogP contribution >= 0.6 is 0 Å². The van der Waals surface area contributed by atoms with E-state index in [1.54, 1.807) is 23.1 Å². The Labute approximate surface area is 185 Å². The number of carbonyl (C=O) groups is 2. The first kappa shape index (κ1) is 23.3. The molecule has 0 spiro atoms. The highest BCUT2D eigenvalue weighted by atomic mass is 19.4. The van der Waals surface area contributed by atoms with Gasteiger partial charge in [0.2, 0.25) is 0 Å². The molecule has 2 aromatic rings. The molecule has 1 aliphatic heterocycles. The number of halogens is 3. The van der Waals surface area contributed by atoms with Crippen LogP contribution in [0, 0.1) is 0 Å². The number of carbonyl (C=O) groups excluding carboxylic acids is 2. The molecule has 32 heavy (non-hydrogen) atoms. The maximum Gasteiger partial charge on any atom is 0.454 e. The van der Waals surface area contributed by atoms with E-state index >= 15 is 0 Å². The molecule has 1 fully saturated rings. The number of allylic oxidation sites excluding steroid dienone is 2. The SMILES string of the molecule is CC(=O)/C(=C\N1CCCN(/C=C(/C(=O)C(F)(F)F)c2ccccc2)CC1)c1ccccc1. The van der Waals surface area contributed by atoms with Gasteiger partial charge in [-0.1, -0.05) is 60.7 Å². The van der Waals surface area contributed by atoms with Gasteiger partial charge in [0.25, 0.3) is 5.78 Å². The predicted octanol–water partition coefficient (Wildman–Crippen LogP) is 4.80. The predicted molar refractivity (Wildman–Crippen MR) is 118 cm³/mol. The van der Waals surface area contributed by atoms with E-state index in [0.29, 0.717) is 38.2 Å². The molecule has 3 rings (SSSR count). The summed E-state index contributed by atoms with van der Waals surface area (Å²) in [5.74, 6) is -1.91. The first-order chi connectivity index (χ1) is 15.3. The molecule has 0 amide bonds. The Balaban J connectivity index is 1.82. The summed E-state index contributed by atoms with van der Waals surface area (Å²) in [5, 5.41) is 0. The molecule has 0 atom stereocenters. The molecule has 0 radical (unpaired) electrons. The number of hydrogen-bond donors (Lipinski definition) is 0. The van der Waals surface area contributed by atoms with Crippen LogP contribution in [0.2, 0.25) is 0 Å². The van der Waals surface area contributed by atoms with Crippen LogP contribution in [0.5, 0.6) is 0 Å². The Morgan fingerprint density at radius 2 is 1.19 bits per heavy atom. The molecule has 1 aliphatic rings. The fourth-order valence-corrected chi connectivity index (χ4v) is 3.60. The number of ketones is 2. The monoisotopic (exact) mass is 442 g/mol. The first-order valence-corrected chi connectivity index (χ1v) is 10.4. The van der Waals surface area contributed by atoms with Crippen molar-refractivity contribution in [2.24, 2.45) is 0 Å². The van der Waals surface area contributed by atoms with Crippen LogP contribution in [0.15, 0.2) is 73.1 Å². The molecule has 1 saturated heterocycles. The zero-order valence-electron chi connectivity index (χ0n) is 17.8. The highest BCUT2D eigenvalue weighted by Crippen LogP contribution is 2.27. The van der Waals surface area contributed by atoms with Crippen molar-refractivity contribution in [2.45, 2.75) is 19.5 Å². The third kappa shape index (κ3) is 6.09. The van der Waals surface area contributed by atoms with Gasteiger partial charge in [0.1, 0.15) is 0 Å². The van der Waals surface area contributed by atoms with Crippen molar-refractivity contribution < 1.29 is 22.8 Å². The lowest BCUT2D eigenvalue weighted by atomic mass is 10.0. The lowest BCUT2D eigenvalue weighted by molar-refractivity contribution is -0.164. The van der Waals surface area contributed by atoms with Gasteiger partial charge < -0.3 is 9.80 Å². The van der Waals surface area contributed by atoms with Crippen LogP contribution in [0.1, 0.15) is 24.5 Å². The van der Waals surface area contributed by atoms with E-state index in [4.69, 9.17) is 0 Å². The summed E-state index contributed by atoms with van der Waals surface area (Å²) < 4.78 is 39.6. The van der Waals surface area contributed by atoms with Gasteiger partial charge in [0, 0.05) is 44.2 Å². The maximum atomic E-state index is 13.2. The second-order valence-electron chi connectivity index (χ2n) is 7.63. The molecule has 168 valence electrons. The lowest BCUT2D eigenvalue weighted by Gasteiger charge is -2.22. The molecule has 4 nitrogen and oxygen atoms in total. The molecule has 0 saturated carbocycles. The van der Waals surface area contributed by atoms with E-state index < -0.39 is 12.0 Å². The second kappa shape index (κ2) is 10.3. The summed E-state index contributed by atoms with van der Waals surface area (Å²) in [6.45, 7) is 3.62. The number of benzene rings is 2. The number of rotatable bonds is 6. The van der Waals surface area contributed by atoms with Gasteiger partial charge in [0.15, 0.2) is 5.78 Å². The standard InChI is InChI=1S/C25H25F3N2O2/c1-19(31)22(20-9-4-2-5-10-20)17-29-13-8-14-30(16-15-29)18-23(24(32)25(26,27)28)21-11-6-3-7-12-21/h2-7,9-12,17-18H,8,13-16H2,1H3/b22-17+,23-18+. The number of hydrogen-bond acceptors (Lipinski definition) is 4. The largest absolute Gasteiger partial charge is 0.454 e. The van der Waals surface area contributed by atoms with Gasteiger partial charge in [-0.05, 0) is 24.5 Å². The van der Waals surface area contributed by atoms with Crippen molar-refractivity contribution in [3.05, 3.63) is 84.2 Å². The van der Waals surface area contributed by atoms with Crippen LogP contribution in [0.4, 0.5) is 13.2 Å². The average Bonchev–Trinajstić information content (AvgIpc) is 3.00. The molecule has 0 N–H and O–H groups in total. The molecular weight excluding hydrogens is 417 g/mol.